The van der Waals surface area contributed by atoms with Gasteiger partial charge in [-0.25, -0.2) is 4.39 Å². The largest absolute Gasteiger partial charge is 0.321 e. The van der Waals surface area contributed by atoms with Crippen LogP contribution in [0.5, 0.6) is 0 Å². The smallest absolute Gasteiger partial charge is 0.126 e. The van der Waals surface area contributed by atoms with Gasteiger partial charge in [0.25, 0.3) is 0 Å². The van der Waals surface area contributed by atoms with Gasteiger partial charge in [-0.05, 0) is 43.0 Å². The van der Waals surface area contributed by atoms with Crippen molar-refractivity contribution in [3.8, 4) is 0 Å². The van der Waals surface area contributed by atoms with Crippen molar-refractivity contribution in [3.05, 3.63) is 71.0 Å². The van der Waals surface area contributed by atoms with E-state index in [4.69, 9.17) is 5.73 Å². The Labute approximate surface area is 107 Å². The molecule has 1 nitrogen and oxygen atoms in total. The molecule has 0 spiro atoms. The first kappa shape index (κ1) is 12.8. The molecule has 0 saturated heterocycles. The average molecular weight is 243 g/mol. The van der Waals surface area contributed by atoms with Crippen LogP contribution in [0.25, 0.3) is 0 Å². The van der Waals surface area contributed by atoms with E-state index in [1.54, 1.807) is 13.0 Å². The summed E-state index contributed by atoms with van der Waals surface area (Å²) in [5, 5.41) is 0. The Kier molecular flexibility index (Phi) is 3.48. The minimum Gasteiger partial charge on any atom is -0.321 e. The van der Waals surface area contributed by atoms with Gasteiger partial charge in [0, 0.05) is 5.54 Å². The van der Waals surface area contributed by atoms with Crippen LogP contribution in [0.4, 0.5) is 4.39 Å². The number of halogens is 1. The third-order valence-electron chi connectivity index (χ3n) is 3.25. The lowest BCUT2D eigenvalue weighted by molar-refractivity contribution is 0.485. The molecular formula is C16H18FN. The summed E-state index contributed by atoms with van der Waals surface area (Å²) in [7, 11) is 0. The van der Waals surface area contributed by atoms with Gasteiger partial charge < -0.3 is 5.73 Å². The van der Waals surface area contributed by atoms with Crippen LogP contribution in [0, 0.1) is 12.7 Å². The fourth-order valence-corrected chi connectivity index (χ4v) is 2.07. The number of hydrogen-bond donors (Lipinski definition) is 1. The molecule has 0 saturated carbocycles. The highest BCUT2D eigenvalue weighted by molar-refractivity contribution is 5.31. The maximum absolute atomic E-state index is 13.6. The second-order valence-electron chi connectivity index (χ2n) is 5.04. The number of rotatable bonds is 3. The summed E-state index contributed by atoms with van der Waals surface area (Å²) in [4.78, 5) is 0. The van der Waals surface area contributed by atoms with Crippen molar-refractivity contribution in [2.24, 2.45) is 5.73 Å². The third-order valence-corrected chi connectivity index (χ3v) is 3.25. The van der Waals surface area contributed by atoms with E-state index < -0.39 is 5.54 Å². The van der Waals surface area contributed by atoms with Crippen LogP contribution in [0.3, 0.4) is 0 Å². The minimum atomic E-state index is -0.560. The molecule has 0 aliphatic carbocycles. The summed E-state index contributed by atoms with van der Waals surface area (Å²) < 4.78 is 13.6. The number of benzene rings is 2. The fourth-order valence-electron chi connectivity index (χ4n) is 2.07. The van der Waals surface area contributed by atoms with Crippen molar-refractivity contribution >= 4 is 0 Å². The van der Waals surface area contributed by atoms with Crippen molar-refractivity contribution in [3.63, 3.8) is 0 Å². The molecule has 0 heterocycles. The third kappa shape index (κ3) is 2.77. The first-order valence-electron chi connectivity index (χ1n) is 6.08. The molecular weight excluding hydrogens is 225 g/mol. The summed E-state index contributed by atoms with van der Waals surface area (Å²) in [6.45, 7) is 3.69. The highest BCUT2D eigenvalue weighted by Crippen LogP contribution is 2.24. The Hall–Kier alpha value is -1.67. The molecule has 18 heavy (non-hydrogen) atoms. The summed E-state index contributed by atoms with van der Waals surface area (Å²) in [5.74, 6) is -0.197. The maximum Gasteiger partial charge on any atom is 0.126 e. The number of hydrogen-bond acceptors (Lipinski definition) is 1. The predicted molar refractivity (Wildman–Crippen MR) is 72.8 cm³/mol. The van der Waals surface area contributed by atoms with Crippen LogP contribution < -0.4 is 5.73 Å². The first-order valence-corrected chi connectivity index (χ1v) is 6.08. The van der Waals surface area contributed by atoms with Gasteiger partial charge in [0.15, 0.2) is 0 Å². The van der Waals surface area contributed by atoms with Crippen molar-refractivity contribution in [1.82, 2.24) is 0 Å². The molecule has 1 atom stereocenters. The lowest BCUT2D eigenvalue weighted by atomic mass is 9.86. The Morgan fingerprint density at radius 3 is 2.39 bits per heavy atom. The Balaban J connectivity index is 2.27. The van der Waals surface area contributed by atoms with Crippen molar-refractivity contribution in [1.29, 1.82) is 0 Å². The van der Waals surface area contributed by atoms with Gasteiger partial charge >= 0.3 is 0 Å². The fraction of sp³-hybridized carbons (Fsp3) is 0.250. The van der Waals surface area contributed by atoms with Crippen LogP contribution in [0.1, 0.15) is 23.6 Å². The van der Waals surface area contributed by atoms with Crippen molar-refractivity contribution < 1.29 is 4.39 Å². The molecule has 2 heteroatoms. The predicted octanol–water partition coefficient (Wildman–Crippen LogP) is 3.55. The van der Waals surface area contributed by atoms with Crippen LogP contribution in [-0.2, 0) is 12.0 Å². The molecule has 2 aromatic rings. The standard InChI is InChI=1S/C16H18FN/c1-12-8-9-14(10-15(12)17)16(2,18)11-13-6-4-3-5-7-13/h3-10H,11,18H2,1-2H3. The minimum absolute atomic E-state index is 0.197. The van der Waals surface area contributed by atoms with Gasteiger partial charge in [-0.2, -0.15) is 0 Å². The summed E-state index contributed by atoms with van der Waals surface area (Å²) in [5.41, 5.74) is 8.39. The van der Waals surface area contributed by atoms with Crippen LogP contribution in [-0.4, -0.2) is 0 Å². The van der Waals surface area contributed by atoms with Crippen LogP contribution in [0.2, 0.25) is 0 Å². The van der Waals surface area contributed by atoms with Gasteiger partial charge in [-0.15, -0.1) is 0 Å². The normalized spacial score (nSPS) is 14.2. The highest BCUT2D eigenvalue weighted by Gasteiger charge is 2.22. The molecule has 0 radical (unpaired) electrons. The van der Waals surface area contributed by atoms with Gasteiger partial charge in [0.05, 0.1) is 0 Å². The molecule has 94 valence electrons. The van der Waals surface area contributed by atoms with E-state index in [1.165, 1.54) is 6.07 Å². The summed E-state index contributed by atoms with van der Waals surface area (Å²) in [6, 6.07) is 15.2. The molecule has 2 aromatic carbocycles. The van der Waals surface area contributed by atoms with E-state index in [0.29, 0.717) is 12.0 Å². The van der Waals surface area contributed by atoms with Gasteiger partial charge in [-0.1, -0.05) is 42.5 Å². The van der Waals surface area contributed by atoms with E-state index in [0.717, 1.165) is 11.1 Å². The second kappa shape index (κ2) is 4.91. The van der Waals surface area contributed by atoms with E-state index >= 15 is 0 Å². The topological polar surface area (TPSA) is 26.0 Å². The maximum atomic E-state index is 13.6. The van der Waals surface area contributed by atoms with E-state index in [2.05, 4.69) is 0 Å². The lowest BCUT2D eigenvalue weighted by Gasteiger charge is -2.25. The van der Waals surface area contributed by atoms with E-state index in [-0.39, 0.29) is 5.82 Å². The molecule has 0 fully saturated rings. The SMILES string of the molecule is Cc1ccc(C(C)(N)Cc2ccccc2)cc1F. The van der Waals surface area contributed by atoms with E-state index in [1.807, 2.05) is 43.3 Å². The monoisotopic (exact) mass is 243 g/mol. The van der Waals surface area contributed by atoms with Crippen molar-refractivity contribution in [2.45, 2.75) is 25.8 Å². The molecule has 0 aliphatic heterocycles. The second-order valence-corrected chi connectivity index (χ2v) is 5.04. The van der Waals surface area contributed by atoms with Gasteiger partial charge in [-0.3, -0.25) is 0 Å². The molecule has 2 N–H and O–H groups in total. The van der Waals surface area contributed by atoms with Crippen LogP contribution >= 0.6 is 0 Å². The van der Waals surface area contributed by atoms with E-state index in [9.17, 15) is 4.39 Å². The highest BCUT2D eigenvalue weighted by atomic mass is 19.1. The molecule has 0 aromatic heterocycles. The van der Waals surface area contributed by atoms with Crippen molar-refractivity contribution in [2.75, 3.05) is 0 Å². The quantitative estimate of drug-likeness (QED) is 0.876. The van der Waals surface area contributed by atoms with Gasteiger partial charge in [0.1, 0.15) is 5.82 Å². The zero-order chi connectivity index (χ0) is 13.2. The molecule has 0 aliphatic rings. The summed E-state index contributed by atoms with van der Waals surface area (Å²) >= 11 is 0. The molecule has 0 bridgehead atoms. The Morgan fingerprint density at radius 2 is 1.78 bits per heavy atom. The zero-order valence-electron chi connectivity index (χ0n) is 10.8. The zero-order valence-corrected chi connectivity index (χ0v) is 10.8. The van der Waals surface area contributed by atoms with Gasteiger partial charge in [0.2, 0.25) is 0 Å². The number of aryl methyl sites for hydroxylation is 1. The Morgan fingerprint density at radius 1 is 1.11 bits per heavy atom. The first-order chi connectivity index (χ1) is 8.49. The lowest BCUT2D eigenvalue weighted by Crippen LogP contribution is -2.35. The summed E-state index contributed by atoms with van der Waals surface area (Å²) in [6.07, 6.45) is 0.691. The average Bonchev–Trinajstić information content (AvgIpc) is 2.33. The molecule has 2 rings (SSSR count). The molecule has 1 unspecified atom stereocenters. The Bertz CT molecular complexity index is 532. The van der Waals surface area contributed by atoms with Crippen LogP contribution in [0.15, 0.2) is 48.5 Å². The number of nitrogens with two attached hydrogens (primary N) is 1. The molecule has 0 amide bonds.